The van der Waals surface area contributed by atoms with Gasteiger partial charge in [-0.15, -0.1) is 6.58 Å². The zero-order valence-electron chi connectivity index (χ0n) is 14.7. The molecule has 0 bridgehead atoms. The zero-order valence-corrected chi connectivity index (χ0v) is 15.5. The van der Waals surface area contributed by atoms with Crippen molar-refractivity contribution >= 4 is 27.5 Å². The second-order valence-electron chi connectivity index (χ2n) is 5.81. The highest BCUT2D eigenvalue weighted by Crippen LogP contribution is 2.19. The number of nitrogens with one attached hydrogen (secondary N) is 1. The number of nitrogens with zero attached hydrogens (tertiary/aromatic N) is 2. The summed E-state index contributed by atoms with van der Waals surface area (Å²) in [6, 6.07) is 6.17. The summed E-state index contributed by atoms with van der Waals surface area (Å²) in [5.74, 6) is -0.571. The van der Waals surface area contributed by atoms with Crippen LogP contribution in [0.15, 0.2) is 36.9 Å². The van der Waals surface area contributed by atoms with E-state index in [-0.39, 0.29) is 19.0 Å². The highest BCUT2D eigenvalue weighted by molar-refractivity contribution is 7.92. The van der Waals surface area contributed by atoms with Crippen molar-refractivity contribution in [3.63, 3.8) is 0 Å². The summed E-state index contributed by atoms with van der Waals surface area (Å²) in [6.07, 6.45) is 2.54. The van der Waals surface area contributed by atoms with Gasteiger partial charge in [0.1, 0.15) is 6.54 Å². The van der Waals surface area contributed by atoms with Crippen LogP contribution in [-0.4, -0.2) is 70.8 Å². The van der Waals surface area contributed by atoms with E-state index in [9.17, 15) is 18.0 Å². The normalized spacial score (nSPS) is 14.6. The highest BCUT2D eigenvalue weighted by atomic mass is 32.2. The second-order valence-corrected chi connectivity index (χ2v) is 7.72. The molecule has 26 heavy (non-hydrogen) atoms. The van der Waals surface area contributed by atoms with Crippen LogP contribution in [-0.2, 0) is 19.6 Å². The van der Waals surface area contributed by atoms with Crippen molar-refractivity contribution in [2.45, 2.75) is 0 Å². The Kier molecular flexibility index (Phi) is 6.76. The fourth-order valence-corrected chi connectivity index (χ4v) is 3.35. The third-order valence-electron chi connectivity index (χ3n) is 3.83. The van der Waals surface area contributed by atoms with Gasteiger partial charge in [0.2, 0.25) is 15.9 Å². The molecule has 1 aliphatic heterocycles. The first-order valence-electron chi connectivity index (χ1n) is 8.15. The van der Waals surface area contributed by atoms with E-state index in [0.717, 1.165) is 10.6 Å². The number of anilines is 1. The molecule has 0 aliphatic carbocycles. The third kappa shape index (κ3) is 5.30. The first-order chi connectivity index (χ1) is 12.3. The van der Waals surface area contributed by atoms with Crippen molar-refractivity contribution in [1.29, 1.82) is 0 Å². The number of rotatable bonds is 7. The molecule has 0 saturated carbocycles. The van der Waals surface area contributed by atoms with Crippen LogP contribution in [0.5, 0.6) is 0 Å². The summed E-state index contributed by atoms with van der Waals surface area (Å²) in [6.45, 7) is 5.47. The van der Waals surface area contributed by atoms with Crippen LogP contribution in [0.2, 0.25) is 0 Å². The Labute approximate surface area is 153 Å². The molecule has 0 atom stereocenters. The average Bonchev–Trinajstić information content (AvgIpc) is 2.64. The quantitative estimate of drug-likeness (QED) is 0.682. The summed E-state index contributed by atoms with van der Waals surface area (Å²) in [5, 5.41) is 2.54. The predicted molar refractivity (Wildman–Crippen MR) is 98.6 cm³/mol. The fourth-order valence-electron chi connectivity index (χ4n) is 2.49. The third-order valence-corrected chi connectivity index (χ3v) is 4.97. The molecule has 9 heteroatoms. The highest BCUT2D eigenvalue weighted by Gasteiger charge is 2.22. The van der Waals surface area contributed by atoms with Gasteiger partial charge in [-0.25, -0.2) is 8.42 Å². The lowest BCUT2D eigenvalue weighted by Gasteiger charge is -2.27. The van der Waals surface area contributed by atoms with E-state index < -0.39 is 15.9 Å². The zero-order chi connectivity index (χ0) is 19.2. The predicted octanol–water partition coefficient (Wildman–Crippen LogP) is 0.227. The Hall–Kier alpha value is -2.39. The summed E-state index contributed by atoms with van der Waals surface area (Å²) in [5.41, 5.74) is 0.778. The SMILES string of the molecule is C=CCNC(=O)CN(c1ccc(C(=O)N2CCOCC2)cc1)S(C)(=O)=O. The number of benzene rings is 1. The van der Waals surface area contributed by atoms with Gasteiger partial charge in [-0.1, -0.05) is 6.08 Å². The maximum Gasteiger partial charge on any atom is 0.254 e. The molecule has 1 fully saturated rings. The van der Waals surface area contributed by atoms with Crippen LogP contribution in [0.4, 0.5) is 5.69 Å². The largest absolute Gasteiger partial charge is 0.378 e. The number of sulfonamides is 1. The molecule has 1 aliphatic rings. The van der Waals surface area contributed by atoms with E-state index in [1.807, 2.05) is 0 Å². The lowest BCUT2D eigenvalue weighted by Crippen LogP contribution is -2.41. The summed E-state index contributed by atoms with van der Waals surface area (Å²) < 4.78 is 30.3. The van der Waals surface area contributed by atoms with Gasteiger partial charge < -0.3 is 15.0 Å². The number of amides is 2. The lowest BCUT2D eigenvalue weighted by atomic mass is 10.1. The van der Waals surface area contributed by atoms with Crippen LogP contribution in [0, 0.1) is 0 Å². The maximum absolute atomic E-state index is 12.4. The fraction of sp³-hybridized carbons (Fsp3) is 0.412. The molecule has 2 amide bonds. The van der Waals surface area contributed by atoms with Crippen molar-refractivity contribution in [3.8, 4) is 0 Å². The molecular formula is C17H23N3O5S. The Morgan fingerprint density at radius 1 is 1.27 bits per heavy atom. The Morgan fingerprint density at radius 3 is 2.42 bits per heavy atom. The standard InChI is InChI=1S/C17H23N3O5S/c1-3-8-18-16(21)13-20(26(2,23)24)15-6-4-14(5-7-15)17(22)19-9-11-25-12-10-19/h3-7H,1,8-13H2,2H3,(H,18,21). The molecule has 2 rings (SSSR count). The number of carbonyl (C=O) groups excluding carboxylic acids is 2. The van der Waals surface area contributed by atoms with Gasteiger partial charge >= 0.3 is 0 Å². The molecule has 1 saturated heterocycles. The molecule has 142 valence electrons. The van der Waals surface area contributed by atoms with Gasteiger partial charge in [-0.05, 0) is 24.3 Å². The van der Waals surface area contributed by atoms with Gasteiger partial charge in [0.15, 0.2) is 0 Å². The van der Waals surface area contributed by atoms with Crippen molar-refractivity contribution in [2.75, 3.05) is 50.0 Å². The topological polar surface area (TPSA) is 96.0 Å². The molecule has 1 N–H and O–H groups in total. The first kappa shape index (κ1) is 19.9. The number of morpholine rings is 1. The van der Waals surface area contributed by atoms with Gasteiger partial charge in [0.05, 0.1) is 25.2 Å². The van der Waals surface area contributed by atoms with Crippen LogP contribution >= 0.6 is 0 Å². The first-order valence-corrected chi connectivity index (χ1v) is 10.00. The summed E-state index contributed by atoms with van der Waals surface area (Å²) >= 11 is 0. The molecule has 1 heterocycles. The molecule has 0 aromatic heterocycles. The van der Waals surface area contributed by atoms with Crippen LogP contribution in [0.25, 0.3) is 0 Å². The second kappa shape index (κ2) is 8.81. The van der Waals surface area contributed by atoms with Crippen molar-refractivity contribution in [1.82, 2.24) is 10.2 Å². The van der Waals surface area contributed by atoms with Gasteiger partial charge in [0.25, 0.3) is 5.91 Å². The van der Waals surface area contributed by atoms with Crippen LogP contribution in [0.1, 0.15) is 10.4 Å². The molecule has 1 aromatic carbocycles. The number of carbonyl (C=O) groups is 2. The monoisotopic (exact) mass is 381 g/mol. The van der Waals surface area contributed by atoms with E-state index in [1.54, 1.807) is 17.0 Å². The van der Waals surface area contributed by atoms with Gasteiger partial charge in [0, 0.05) is 25.2 Å². The van der Waals surface area contributed by atoms with Crippen molar-refractivity contribution < 1.29 is 22.7 Å². The number of ether oxygens (including phenoxy) is 1. The molecule has 1 aromatic rings. The van der Waals surface area contributed by atoms with E-state index >= 15 is 0 Å². The Balaban J connectivity index is 2.15. The number of hydrogen-bond acceptors (Lipinski definition) is 5. The maximum atomic E-state index is 12.4. The molecular weight excluding hydrogens is 358 g/mol. The summed E-state index contributed by atoms with van der Waals surface area (Å²) in [7, 11) is -3.66. The minimum Gasteiger partial charge on any atom is -0.378 e. The van der Waals surface area contributed by atoms with Gasteiger partial charge in [-0.2, -0.15) is 0 Å². The lowest BCUT2D eigenvalue weighted by molar-refractivity contribution is -0.119. The van der Waals surface area contributed by atoms with Gasteiger partial charge in [-0.3, -0.25) is 13.9 Å². The van der Waals surface area contributed by atoms with E-state index in [1.165, 1.54) is 18.2 Å². The Morgan fingerprint density at radius 2 is 1.88 bits per heavy atom. The van der Waals surface area contributed by atoms with Crippen molar-refractivity contribution in [2.24, 2.45) is 0 Å². The van der Waals surface area contributed by atoms with Crippen LogP contribution < -0.4 is 9.62 Å². The Bertz CT molecular complexity index is 755. The number of hydrogen-bond donors (Lipinski definition) is 1. The van der Waals surface area contributed by atoms with E-state index in [4.69, 9.17) is 4.74 Å². The van der Waals surface area contributed by atoms with E-state index in [2.05, 4.69) is 11.9 Å². The molecule has 0 radical (unpaired) electrons. The minimum atomic E-state index is -3.66. The smallest absolute Gasteiger partial charge is 0.254 e. The van der Waals surface area contributed by atoms with Crippen LogP contribution in [0.3, 0.4) is 0 Å². The molecule has 0 spiro atoms. The average molecular weight is 381 g/mol. The molecule has 8 nitrogen and oxygen atoms in total. The van der Waals surface area contributed by atoms with E-state index in [0.29, 0.717) is 37.6 Å². The summed E-state index contributed by atoms with van der Waals surface area (Å²) in [4.78, 5) is 26.0. The minimum absolute atomic E-state index is 0.130. The van der Waals surface area contributed by atoms with Crippen molar-refractivity contribution in [3.05, 3.63) is 42.5 Å². The molecule has 0 unspecified atom stereocenters.